The van der Waals surface area contributed by atoms with Gasteiger partial charge in [-0.15, -0.1) is 0 Å². The average molecular weight is 524 g/mol. The Morgan fingerprint density at radius 3 is 1.57 bits per heavy atom. The third-order valence-corrected chi connectivity index (χ3v) is 5.30. The minimum atomic E-state index is -4.28. The summed E-state index contributed by atoms with van der Waals surface area (Å²) in [5.74, 6) is -14.0. The van der Waals surface area contributed by atoms with Gasteiger partial charge in [-0.25, -0.2) is 4.79 Å². The summed E-state index contributed by atoms with van der Waals surface area (Å²) < 4.78 is 0. The van der Waals surface area contributed by atoms with Gasteiger partial charge < -0.3 is 49.7 Å². The van der Waals surface area contributed by atoms with Gasteiger partial charge in [0, 0.05) is 12.2 Å². The van der Waals surface area contributed by atoms with Crippen molar-refractivity contribution in [3.8, 4) is 0 Å². The number of nitrogens with two attached hydrogens (primary N) is 6. The molecule has 0 saturated carbocycles. The van der Waals surface area contributed by atoms with E-state index in [4.69, 9.17) is 34.4 Å². The molecule has 0 aromatic heterocycles. The van der Waals surface area contributed by atoms with Gasteiger partial charge >= 0.3 is 5.97 Å². The molecule has 5 atom stereocenters. The minimum absolute atomic E-state index is 0.509. The van der Waals surface area contributed by atoms with Crippen molar-refractivity contribution in [2.75, 3.05) is 25.4 Å². The van der Waals surface area contributed by atoms with Gasteiger partial charge in [0.15, 0.2) is 17.3 Å². The highest BCUT2D eigenvalue weighted by Gasteiger charge is 2.75. The number of hydrogen-bond acceptors (Lipinski definition) is 15. The number of aliphatic carboxylic acids is 1. The van der Waals surface area contributed by atoms with Crippen molar-refractivity contribution >= 4 is 53.7 Å². The van der Waals surface area contributed by atoms with Crippen LogP contribution in [0, 0.1) is 0 Å². The fourth-order valence-electron chi connectivity index (χ4n) is 3.26. The number of Topliss-reactive ketones (excluding diaryl/α,β-unsaturated/α-hetero) is 3. The zero-order valence-electron chi connectivity index (χ0n) is 18.3. The fraction of sp³-hybridized carbons (Fsp3) is 0.588. The number of aliphatic hydroxyl groups excluding tert-OH is 1. The van der Waals surface area contributed by atoms with Gasteiger partial charge in [0.1, 0.15) is 0 Å². The van der Waals surface area contributed by atoms with E-state index in [0.29, 0.717) is 0 Å². The number of ketones is 3. The van der Waals surface area contributed by atoms with Crippen molar-refractivity contribution in [2.24, 2.45) is 34.4 Å². The van der Waals surface area contributed by atoms with Crippen LogP contribution in [0.25, 0.3) is 0 Å². The molecule has 0 saturated heterocycles. The molecular weight excluding hydrogens is 494 g/mol. The summed E-state index contributed by atoms with van der Waals surface area (Å²) >= 11 is 3.73. The first-order valence-corrected chi connectivity index (χ1v) is 10.3. The molecule has 17 nitrogen and oxygen atoms in total. The van der Waals surface area contributed by atoms with E-state index in [-0.39, 0.29) is 0 Å². The lowest BCUT2D eigenvalue weighted by Crippen LogP contribution is -2.84. The lowest BCUT2D eigenvalue weighted by Gasteiger charge is -2.47. The Kier molecular flexibility index (Phi) is 11.7. The lowest BCUT2D eigenvalue weighted by molar-refractivity contribution is -0.195. The predicted octanol–water partition coefficient (Wildman–Crippen LogP) is -7.70. The number of nitrogens with zero attached hydrogens (tertiary/aromatic N) is 1. The number of hydrogen-bond donors (Lipinski definition) is 10. The first kappa shape index (κ1) is 32.2. The van der Waals surface area contributed by atoms with Crippen molar-refractivity contribution in [1.29, 1.82) is 0 Å². The van der Waals surface area contributed by atoms with Gasteiger partial charge in [-0.05, 0) is 0 Å². The van der Waals surface area contributed by atoms with Gasteiger partial charge in [-0.2, -0.15) is 12.6 Å². The zero-order chi connectivity index (χ0) is 27.9. The number of carbonyl (C=O) groups excluding carboxylic acids is 6. The van der Waals surface area contributed by atoms with Crippen LogP contribution in [-0.4, -0.2) is 116 Å². The van der Waals surface area contributed by atoms with Crippen molar-refractivity contribution in [1.82, 2.24) is 4.90 Å². The Morgan fingerprint density at radius 1 is 0.829 bits per heavy atom. The van der Waals surface area contributed by atoms with E-state index in [0.717, 1.165) is 0 Å². The second-order valence-electron chi connectivity index (χ2n) is 7.20. The van der Waals surface area contributed by atoms with Gasteiger partial charge in [0.2, 0.25) is 23.3 Å². The molecule has 0 radical (unpaired) electrons. The Hall–Kier alpha value is -2.84. The maximum Gasteiger partial charge on any atom is 0.342 e. The molecule has 0 spiro atoms. The normalized spacial score (nSPS) is 17.1. The van der Waals surface area contributed by atoms with Crippen molar-refractivity contribution in [3.05, 3.63) is 0 Å². The van der Waals surface area contributed by atoms with Crippen LogP contribution in [0.15, 0.2) is 0 Å². The molecule has 0 bridgehead atoms. The van der Waals surface area contributed by atoms with Crippen LogP contribution < -0.4 is 34.4 Å². The quantitative estimate of drug-likeness (QED) is 0.0703. The van der Waals surface area contributed by atoms with E-state index in [1.54, 1.807) is 0 Å². The number of carboxylic acids is 1. The number of imide groups is 1. The number of carboxylic acid groups (broad SMARTS) is 1. The predicted molar refractivity (Wildman–Crippen MR) is 119 cm³/mol. The van der Waals surface area contributed by atoms with E-state index in [2.05, 4.69) is 12.6 Å². The van der Waals surface area contributed by atoms with Crippen molar-refractivity contribution in [2.45, 2.75) is 35.7 Å². The Bertz CT molecular complexity index is 886. The second-order valence-corrected chi connectivity index (χ2v) is 7.57. The van der Waals surface area contributed by atoms with Gasteiger partial charge in [0.05, 0.1) is 37.8 Å². The molecule has 18 heteroatoms. The topological polar surface area (TPSA) is 340 Å². The molecule has 35 heavy (non-hydrogen) atoms. The van der Waals surface area contributed by atoms with Gasteiger partial charge in [-0.3, -0.25) is 33.7 Å². The highest BCUT2D eigenvalue weighted by atomic mass is 32.1. The number of primary amides is 1. The molecule has 0 fully saturated rings. The molecule has 15 N–H and O–H groups in total. The smallest absolute Gasteiger partial charge is 0.342 e. The molecule has 3 amide bonds. The van der Waals surface area contributed by atoms with E-state index < -0.39 is 107 Å². The summed E-state index contributed by atoms with van der Waals surface area (Å²) in [7, 11) is 0. The SMILES string of the molecule is NCC(=O)N(C(=O)CN)C(C(=O)O)(C(=O)C(N)CO)C(O)(C(=O)C(N)CS)C(=O)C(N)CC(N)=O. The molecule has 0 aliphatic carbocycles. The largest absolute Gasteiger partial charge is 0.479 e. The number of carbonyl (C=O) groups is 7. The average Bonchev–Trinajstić information content (AvgIpc) is 2.82. The summed E-state index contributed by atoms with van der Waals surface area (Å²) in [4.78, 5) is 88.9. The number of rotatable bonds is 15. The van der Waals surface area contributed by atoms with Crippen LogP contribution in [0.5, 0.6) is 0 Å². The summed E-state index contributed by atoms with van der Waals surface area (Å²) in [6, 6.07) is -6.57. The number of aliphatic hydroxyl groups is 2. The van der Waals surface area contributed by atoms with E-state index in [1.807, 2.05) is 0 Å². The summed E-state index contributed by atoms with van der Waals surface area (Å²) in [5, 5.41) is 31.2. The molecule has 5 unspecified atom stereocenters. The number of amides is 3. The summed E-state index contributed by atoms with van der Waals surface area (Å²) in [5.41, 5.74) is 23.5. The fourth-order valence-corrected chi connectivity index (χ4v) is 3.43. The zero-order valence-corrected chi connectivity index (χ0v) is 19.2. The minimum Gasteiger partial charge on any atom is -0.479 e. The molecule has 0 aliphatic rings. The van der Waals surface area contributed by atoms with Crippen molar-refractivity contribution < 1.29 is 48.9 Å². The van der Waals surface area contributed by atoms with E-state index in [1.165, 1.54) is 0 Å². The Morgan fingerprint density at radius 2 is 1.26 bits per heavy atom. The van der Waals surface area contributed by atoms with Crippen LogP contribution in [-0.2, 0) is 33.6 Å². The van der Waals surface area contributed by atoms with Crippen LogP contribution in [0.3, 0.4) is 0 Å². The maximum absolute atomic E-state index is 13.4. The van der Waals surface area contributed by atoms with E-state index in [9.17, 15) is 48.9 Å². The number of thiol groups is 1. The lowest BCUT2D eigenvalue weighted by atomic mass is 9.65. The molecule has 198 valence electrons. The standard InChI is InChI=1S/C17H29N7O10S/c18-2-10(27)24(11(28)3-19)16(15(32)33,12(29)7(21)4-25)17(34,14(31)8(22)5-35)13(30)6(20)1-9(23)26/h6-8,25,34-35H,1-5,18-22H2,(H2,23,26)(H,32,33). The maximum atomic E-state index is 13.4. The summed E-state index contributed by atoms with van der Waals surface area (Å²) in [6.07, 6.45) is -1.09. The third kappa shape index (κ3) is 5.70. The molecule has 0 heterocycles. The molecule has 0 aliphatic heterocycles. The van der Waals surface area contributed by atoms with Crippen LogP contribution >= 0.6 is 12.6 Å². The monoisotopic (exact) mass is 523 g/mol. The van der Waals surface area contributed by atoms with Gasteiger partial charge in [0.25, 0.3) is 5.54 Å². The highest BCUT2D eigenvalue weighted by Crippen LogP contribution is 2.36. The molecule has 0 rings (SSSR count). The second kappa shape index (κ2) is 12.7. The molecule has 0 aromatic carbocycles. The first-order chi connectivity index (χ1) is 16.1. The van der Waals surface area contributed by atoms with E-state index >= 15 is 0 Å². The van der Waals surface area contributed by atoms with Crippen molar-refractivity contribution in [3.63, 3.8) is 0 Å². The van der Waals surface area contributed by atoms with Gasteiger partial charge in [-0.1, -0.05) is 0 Å². The van der Waals surface area contributed by atoms with Crippen LogP contribution in [0.1, 0.15) is 6.42 Å². The van der Waals surface area contributed by atoms with Crippen LogP contribution in [0.4, 0.5) is 0 Å². The Balaban J connectivity index is 8.08. The highest BCUT2D eigenvalue weighted by molar-refractivity contribution is 7.80. The first-order valence-electron chi connectivity index (χ1n) is 9.69. The van der Waals surface area contributed by atoms with Crippen LogP contribution in [0.2, 0.25) is 0 Å². The third-order valence-electron chi connectivity index (χ3n) is 4.91. The summed E-state index contributed by atoms with van der Waals surface area (Å²) in [6.45, 7) is -3.75. The molecule has 0 aromatic rings. The molecular formula is C17H29N7O10S. The Labute approximate surface area is 203 Å².